The van der Waals surface area contributed by atoms with Gasteiger partial charge in [-0.05, 0) is 30.7 Å². The lowest BCUT2D eigenvalue weighted by atomic mass is 10.2. The summed E-state index contributed by atoms with van der Waals surface area (Å²) < 4.78 is 5.16. The van der Waals surface area contributed by atoms with Gasteiger partial charge in [-0.15, -0.1) is 0 Å². The Balaban J connectivity index is 2.82. The van der Waals surface area contributed by atoms with Crippen LogP contribution in [0.3, 0.4) is 0 Å². The van der Waals surface area contributed by atoms with Crippen molar-refractivity contribution in [3.05, 3.63) is 23.8 Å². The van der Waals surface area contributed by atoms with E-state index in [4.69, 9.17) is 10.00 Å². The number of nitrogens with zero attached hydrogens (tertiary/aromatic N) is 2. The number of hydrogen-bond donors (Lipinski definition) is 0. The van der Waals surface area contributed by atoms with Gasteiger partial charge in [0.1, 0.15) is 5.75 Å². The number of methoxy groups -OCH3 is 1. The minimum Gasteiger partial charge on any atom is -0.496 e. The summed E-state index contributed by atoms with van der Waals surface area (Å²) in [6, 6.07) is 7.52. The first kappa shape index (κ1) is 13.0. The highest BCUT2D eigenvalue weighted by atomic mass is 16.5. The van der Waals surface area contributed by atoms with E-state index in [1.165, 1.54) is 0 Å². The van der Waals surface area contributed by atoms with Crippen molar-refractivity contribution in [2.24, 2.45) is 0 Å². The van der Waals surface area contributed by atoms with Crippen LogP contribution in [0.1, 0.15) is 18.4 Å². The quantitative estimate of drug-likeness (QED) is 0.800. The van der Waals surface area contributed by atoms with Crippen molar-refractivity contribution in [3.8, 4) is 11.8 Å². The molecule has 0 aromatic heterocycles. The third-order valence-electron chi connectivity index (χ3n) is 2.59. The molecule has 0 fully saturated rings. The van der Waals surface area contributed by atoms with Gasteiger partial charge >= 0.3 is 0 Å². The molecule has 1 aromatic rings. The van der Waals surface area contributed by atoms with Crippen molar-refractivity contribution in [1.82, 2.24) is 0 Å². The second-order valence-corrected chi connectivity index (χ2v) is 3.76. The average molecular weight is 232 g/mol. The highest BCUT2D eigenvalue weighted by molar-refractivity contribution is 5.93. The van der Waals surface area contributed by atoms with Crippen molar-refractivity contribution in [2.45, 2.75) is 19.8 Å². The van der Waals surface area contributed by atoms with Gasteiger partial charge in [0.25, 0.3) is 0 Å². The van der Waals surface area contributed by atoms with Gasteiger partial charge in [0, 0.05) is 25.6 Å². The van der Waals surface area contributed by atoms with Crippen LogP contribution in [0, 0.1) is 18.3 Å². The van der Waals surface area contributed by atoms with Gasteiger partial charge in [-0.1, -0.05) is 0 Å². The molecule has 4 nitrogen and oxygen atoms in total. The molecular formula is C13H16N2O2. The fourth-order valence-electron chi connectivity index (χ4n) is 1.55. The SMILES string of the molecule is COc1ccc(N(C)C(=O)CCC#N)cc1C. The summed E-state index contributed by atoms with van der Waals surface area (Å²) in [5, 5.41) is 8.44. The average Bonchev–Trinajstić information content (AvgIpc) is 2.34. The van der Waals surface area contributed by atoms with E-state index < -0.39 is 0 Å². The number of carbonyl (C=O) groups is 1. The zero-order chi connectivity index (χ0) is 12.8. The maximum absolute atomic E-state index is 11.7. The van der Waals surface area contributed by atoms with Gasteiger partial charge in [-0.3, -0.25) is 4.79 Å². The molecule has 0 radical (unpaired) electrons. The highest BCUT2D eigenvalue weighted by Gasteiger charge is 2.11. The smallest absolute Gasteiger partial charge is 0.227 e. The van der Waals surface area contributed by atoms with E-state index in [0.29, 0.717) is 0 Å². The van der Waals surface area contributed by atoms with Crippen molar-refractivity contribution < 1.29 is 9.53 Å². The first-order chi connectivity index (χ1) is 8.10. The lowest BCUT2D eigenvalue weighted by molar-refractivity contribution is -0.118. The summed E-state index contributed by atoms with van der Waals surface area (Å²) in [5.41, 5.74) is 1.79. The Morgan fingerprint density at radius 1 is 1.53 bits per heavy atom. The number of ether oxygens (including phenoxy) is 1. The molecule has 17 heavy (non-hydrogen) atoms. The first-order valence-corrected chi connectivity index (χ1v) is 5.38. The Morgan fingerprint density at radius 3 is 2.76 bits per heavy atom. The Bertz CT molecular complexity index is 449. The summed E-state index contributed by atoms with van der Waals surface area (Å²) >= 11 is 0. The molecule has 0 aliphatic carbocycles. The molecule has 0 bridgehead atoms. The largest absolute Gasteiger partial charge is 0.496 e. The van der Waals surface area contributed by atoms with Crippen molar-refractivity contribution >= 4 is 11.6 Å². The zero-order valence-electron chi connectivity index (χ0n) is 10.4. The highest BCUT2D eigenvalue weighted by Crippen LogP contribution is 2.23. The van der Waals surface area contributed by atoms with Crippen LogP contribution < -0.4 is 9.64 Å². The molecule has 0 aliphatic heterocycles. The number of benzene rings is 1. The van der Waals surface area contributed by atoms with Crippen LogP contribution in [0.15, 0.2) is 18.2 Å². The summed E-state index contributed by atoms with van der Waals surface area (Å²) in [6.07, 6.45) is 0.496. The molecule has 0 N–H and O–H groups in total. The summed E-state index contributed by atoms with van der Waals surface area (Å²) in [6.45, 7) is 1.93. The number of nitriles is 1. The second kappa shape index (κ2) is 5.90. The van der Waals surface area contributed by atoms with E-state index in [2.05, 4.69) is 0 Å². The number of hydrogen-bond acceptors (Lipinski definition) is 3. The maximum atomic E-state index is 11.7. The van der Waals surface area contributed by atoms with E-state index >= 15 is 0 Å². The Labute approximate surface area is 101 Å². The van der Waals surface area contributed by atoms with Gasteiger partial charge in [-0.25, -0.2) is 0 Å². The van der Waals surface area contributed by atoms with Crippen LogP contribution in [-0.2, 0) is 4.79 Å². The Kier molecular flexibility index (Phi) is 4.53. The van der Waals surface area contributed by atoms with Crippen molar-refractivity contribution in [2.75, 3.05) is 19.1 Å². The molecule has 0 unspecified atom stereocenters. The summed E-state index contributed by atoms with van der Waals surface area (Å²) in [5.74, 6) is 0.739. The predicted molar refractivity (Wildman–Crippen MR) is 66.0 cm³/mol. The lowest BCUT2D eigenvalue weighted by Gasteiger charge is -2.18. The maximum Gasteiger partial charge on any atom is 0.227 e. The molecule has 4 heteroatoms. The fraction of sp³-hybridized carbons (Fsp3) is 0.385. The third-order valence-corrected chi connectivity index (χ3v) is 2.59. The monoisotopic (exact) mass is 232 g/mol. The van der Waals surface area contributed by atoms with Crippen LogP contribution in [0.2, 0.25) is 0 Å². The second-order valence-electron chi connectivity index (χ2n) is 3.76. The zero-order valence-corrected chi connectivity index (χ0v) is 10.4. The van der Waals surface area contributed by atoms with Gasteiger partial charge in [-0.2, -0.15) is 5.26 Å². The van der Waals surface area contributed by atoms with Crippen molar-refractivity contribution in [1.29, 1.82) is 5.26 Å². The van der Waals surface area contributed by atoms with Crippen LogP contribution in [0.4, 0.5) is 5.69 Å². The fourth-order valence-corrected chi connectivity index (χ4v) is 1.55. The molecule has 1 amide bonds. The number of rotatable bonds is 4. The predicted octanol–water partition coefficient (Wildman–Crippen LogP) is 2.27. The van der Waals surface area contributed by atoms with Crippen LogP contribution in [-0.4, -0.2) is 20.1 Å². The molecule has 0 heterocycles. The van der Waals surface area contributed by atoms with E-state index in [-0.39, 0.29) is 18.7 Å². The molecule has 0 atom stereocenters. The van der Waals surface area contributed by atoms with Gasteiger partial charge in [0.05, 0.1) is 13.2 Å². The van der Waals surface area contributed by atoms with E-state index in [1.807, 2.05) is 31.2 Å². The lowest BCUT2D eigenvalue weighted by Crippen LogP contribution is -2.25. The van der Waals surface area contributed by atoms with Gasteiger partial charge < -0.3 is 9.64 Å². The Morgan fingerprint density at radius 2 is 2.24 bits per heavy atom. The standard InChI is InChI=1S/C13H16N2O2/c1-10-9-11(6-7-12(10)17-3)15(2)13(16)5-4-8-14/h6-7,9H,4-5H2,1-3H3. The van der Waals surface area contributed by atoms with E-state index in [0.717, 1.165) is 17.0 Å². The molecule has 0 spiro atoms. The van der Waals surface area contributed by atoms with Crippen molar-refractivity contribution in [3.63, 3.8) is 0 Å². The number of carbonyl (C=O) groups excluding carboxylic acids is 1. The van der Waals surface area contributed by atoms with Crippen LogP contribution in [0.25, 0.3) is 0 Å². The summed E-state index contributed by atoms with van der Waals surface area (Å²) in [4.78, 5) is 13.3. The first-order valence-electron chi connectivity index (χ1n) is 5.38. The number of amides is 1. The third kappa shape index (κ3) is 3.22. The molecular weight excluding hydrogens is 216 g/mol. The Hall–Kier alpha value is -2.02. The molecule has 0 saturated carbocycles. The molecule has 1 aromatic carbocycles. The minimum atomic E-state index is -0.0592. The number of aryl methyl sites for hydroxylation is 1. The molecule has 0 saturated heterocycles. The number of anilines is 1. The van der Waals surface area contributed by atoms with E-state index in [1.54, 1.807) is 19.1 Å². The van der Waals surface area contributed by atoms with Gasteiger partial charge in [0.15, 0.2) is 0 Å². The molecule has 0 aliphatic rings. The summed E-state index contributed by atoms with van der Waals surface area (Å²) in [7, 11) is 3.32. The molecule has 90 valence electrons. The topological polar surface area (TPSA) is 53.3 Å². The molecule has 1 rings (SSSR count). The van der Waals surface area contributed by atoms with Gasteiger partial charge in [0.2, 0.25) is 5.91 Å². The minimum absolute atomic E-state index is 0.0592. The normalized spacial score (nSPS) is 9.53. The van der Waals surface area contributed by atoms with E-state index in [9.17, 15) is 4.79 Å². The van der Waals surface area contributed by atoms with Crippen LogP contribution >= 0.6 is 0 Å². The van der Waals surface area contributed by atoms with Crippen LogP contribution in [0.5, 0.6) is 5.75 Å².